The molecule has 0 aliphatic rings. The average Bonchev–Trinajstić information content (AvgIpc) is 2.56. The number of rotatable bonds is 5. The Bertz CT molecular complexity index is 284. The molecule has 2 N–H and O–H groups in total. The zero-order valence-corrected chi connectivity index (χ0v) is 9.38. The van der Waals surface area contributed by atoms with Crippen molar-refractivity contribution in [1.29, 1.82) is 0 Å². The standard InChI is InChI=1S/C10H16N2OS/c1-8(10(11)14)6-12(2)7-9-4-3-5-13-9/h3-5,8H,6-7H2,1-2H3,(H2,11,14). The summed E-state index contributed by atoms with van der Waals surface area (Å²) in [5.74, 6) is 1.20. The highest BCUT2D eigenvalue weighted by Gasteiger charge is 2.09. The van der Waals surface area contributed by atoms with Crippen molar-refractivity contribution in [2.75, 3.05) is 13.6 Å². The zero-order valence-electron chi connectivity index (χ0n) is 8.56. The lowest BCUT2D eigenvalue weighted by Gasteiger charge is -2.19. The van der Waals surface area contributed by atoms with E-state index in [1.807, 2.05) is 26.1 Å². The topological polar surface area (TPSA) is 42.4 Å². The molecule has 0 saturated carbocycles. The molecular formula is C10H16N2OS. The van der Waals surface area contributed by atoms with Gasteiger partial charge in [0.2, 0.25) is 0 Å². The van der Waals surface area contributed by atoms with E-state index in [2.05, 4.69) is 4.90 Å². The van der Waals surface area contributed by atoms with Crippen LogP contribution in [0, 0.1) is 5.92 Å². The van der Waals surface area contributed by atoms with Crippen molar-refractivity contribution < 1.29 is 4.42 Å². The van der Waals surface area contributed by atoms with E-state index < -0.39 is 0 Å². The van der Waals surface area contributed by atoms with E-state index in [9.17, 15) is 0 Å². The molecule has 4 heteroatoms. The molecule has 1 aromatic rings. The average molecular weight is 212 g/mol. The minimum absolute atomic E-state index is 0.241. The van der Waals surface area contributed by atoms with Gasteiger partial charge in [-0.1, -0.05) is 19.1 Å². The second kappa shape index (κ2) is 5.12. The molecule has 78 valence electrons. The lowest BCUT2D eigenvalue weighted by molar-refractivity contribution is 0.280. The van der Waals surface area contributed by atoms with Gasteiger partial charge in [0.25, 0.3) is 0 Å². The van der Waals surface area contributed by atoms with Gasteiger partial charge in [0.15, 0.2) is 0 Å². The Kier molecular flexibility index (Phi) is 4.10. The maximum atomic E-state index is 5.54. The van der Waals surface area contributed by atoms with Crippen LogP contribution >= 0.6 is 12.2 Å². The molecule has 0 radical (unpaired) electrons. The second-order valence-electron chi connectivity index (χ2n) is 3.58. The first-order valence-electron chi connectivity index (χ1n) is 4.60. The van der Waals surface area contributed by atoms with Crippen molar-refractivity contribution in [2.24, 2.45) is 11.7 Å². The van der Waals surface area contributed by atoms with Crippen molar-refractivity contribution in [3.05, 3.63) is 24.2 Å². The van der Waals surface area contributed by atoms with Crippen LogP contribution in [0.2, 0.25) is 0 Å². The molecule has 0 aromatic carbocycles. The van der Waals surface area contributed by atoms with Gasteiger partial charge < -0.3 is 10.2 Å². The summed E-state index contributed by atoms with van der Waals surface area (Å²) in [5, 5.41) is 0. The number of nitrogens with two attached hydrogens (primary N) is 1. The van der Waals surface area contributed by atoms with Crippen LogP contribution in [0.1, 0.15) is 12.7 Å². The first-order valence-corrected chi connectivity index (χ1v) is 5.00. The SMILES string of the molecule is CC(CN(C)Cc1ccco1)C(N)=S. The van der Waals surface area contributed by atoms with Crippen LogP contribution in [0.5, 0.6) is 0 Å². The van der Waals surface area contributed by atoms with Gasteiger partial charge in [-0.3, -0.25) is 4.90 Å². The molecule has 1 aromatic heterocycles. The van der Waals surface area contributed by atoms with Gasteiger partial charge in [-0.15, -0.1) is 0 Å². The summed E-state index contributed by atoms with van der Waals surface area (Å²) in [7, 11) is 2.03. The fraction of sp³-hybridized carbons (Fsp3) is 0.500. The van der Waals surface area contributed by atoms with Crippen molar-refractivity contribution in [3.8, 4) is 0 Å². The number of nitrogens with zero attached hydrogens (tertiary/aromatic N) is 1. The minimum atomic E-state index is 0.241. The van der Waals surface area contributed by atoms with Crippen molar-refractivity contribution in [1.82, 2.24) is 4.90 Å². The molecular weight excluding hydrogens is 196 g/mol. The quantitative estimate of drug-likeness (QED) is 0.753. The van der Waals surface area contributed by atoms with Crippen LogP contribution < -0.4 is 5.73 Å². The third-order valence-corrected chi connectivity index (χ3v) is 2.48. The zero-order chi connectivity index (χ0) is 10.6. The summed E-state index contributed by atoms with van der Waals surface area (Å²) in [6, 6.07) is 3.85. The van der Waals surface area contributed by atoms with E-state index in [0.717, 1.165) is 18.8 Å². The number of hydrogen-bond donors (Lipinski definition) is 1. The maximum absolute atomic E-state index is 5.54. The summed E-state index contributed by atoms with van der Waals surface area (Å²) in [5.41, 5.74) is 5.54. The Morgan fingerprint density at radius 3 is 2.93 bits per heavy atom. The van der Waals surface area contributed by atoms with Gasteiger partial charge in [-0.25, -0.2) is 0 Å². The summed E-state index contributed by atoms with van der Waals surface area (Å²) < 4.78 is 5.24. The first-order chi connectivity index (χ1) is 6.59. The Hall–Kier alpha value is -0.870. The number of furan rings is 1. The molecule has 0 spiro atoms. The fourth-order valence-corrected chi connectivity index (χ4v) is 1.37. The molecule has 0 bridgehead atoms. The Labute approximate surface area is 89.9 Å². The Morgan fingerprint density at radius 2 is 2.43 bits per heavy atom. The molecule has 0 amide bonds. The van der Waals surface area contributed by atoms with Crippen LogP contribution in [0.25, 0.3) is 0 Å². The van der Waals surface area contributed by atoms with Crippen molar-refractivity contribution in [2.45, 2.75) is 13.5 Å². The highest BCUT2D eigenvalue weighted by molar-refractivity contribution is 7.80. The van der Waals surface area contributed by atoms with Gasteiger partial charge in [-0.05, 0) is 19.2 Å². The van der Waals surface area contributed by atoms with Crippen molar-refractivity contribution >= 4 is 17.2 Å². The molecule has 3 nitrogen and oxygen atoms in total. The predicted molar refractivity (Wildman–Crippen MR) is 61.0 cm³/mol. The third-order valence-electron chi connectivity index (χ3n) is 2.08. The van der Waals surface area contributed by atoms with E-state index in [-0.39, 0.29) is 5.92 Å². The summed E-state index contributed by atoms with van der Waals surface area (Å²) in [6.45, 7) is 3.68. The monoisotopic (exact) mass is 212 g/mol. The van der Waals surface area contributed by atoms with Crippen LogP contribution in [-0.4, -0.2) is 23.5 Å². The van der Waals surface area contributed by atoms with E-state index in [4.69, 9.17) is 22.4 Å². The van der Waals surface area contributed by atoms with Gasteiger partial charge >= 0.3 is 0 Å². The number of thiocarbonyl (C=S) groups is 1. The van der Waals surface area contributed by atoms with Crippen LogP contribution in [-0.2, 0) is 6.54 Å². The molecule has 1 atom stereocenters. The lowest BCUT2D eigenvalue weighted by atomic mass is 10.2. The van der Waals surface area contributed by atoms with E-state index in [1.165, 1.54) is 0 Å². The highest BCUT2D eigenvalue weighted by Crippen LogP contribution is 2.06. The molecule has 1 unspecified atom stereocenters. The molecule has 1 rings (SSSR count). The smallest absolute Gasteiger partial charge is 0.117 e. The number of hydrogen-bond acceptors (Lipinski definition) is 3. The van der Waals surface area contributed by atoms with Crippen molar-refractivity contribution in [3.63, 3.8) is 0 Å². The van der Waals surface area contributed by atoms with Crippen LogP contribution in [0.4, 0.5) is 0 Å². The molecule has 0 aliphatic heterocycles. The van der Waals surface area contributed by atoms with Gasteiger partial charge in [0.1, 0.15) is 5.76 Å². The van der Waals surface area contributed by atoms with Crippen LogP contribution in [0.15, 0.2) is 22.8 Å². The second-order valence-corrected chi connectivity index (χ2v) is 4.05. The van der Waals surface area contributed by atoms with Gasteiger partial charge in [0.05, 0.1) is 17.8 Å². The maximum Gasteiger partial charge on any atom is 0.117 e. The fourth-order valence-electron chi connectivity index (χ4n) is 1.29. The van der Waals surface area contributed by atoms with E-state index >= 15 is 0 Å². The summed E-state index contributed by atoms with van der Waals surface area (Å²) in [4.78, 5) is 2.71. The third kappa shape index (κ3) is 3.47. The summed E-state index contributed by atoms with van der Waals surface area (Å²) in [6.07, 6.45) is 1.68. The highest BCUT2D eigenvalue weighted by atomic mass is 32.1. The summed E-state index contributed by atoms with van der Waals surface area (Å²) >= 11 is 4.91. The Balaban J connectivity index is 2.36. The van der Waals surface area contributed by atoms with E-state index in [1.54, 1.807) is 6.26 Å². The normalized spacial score (nSPS) is 13.1. The Morgan fingerprint density at radius 1 is 1.71 bits per heavy atom. The van der Waals surface area contributed by atoms with E-state index in [0.29, 0.717) is 4.99 Å². The molecule has 0 saturated heterocycles. The molecule has 0 fully saturated rings. The molecule has 1 heterocycles. The van der Waals surface area contributed by atoms with Gasteiger partial charge in [-0.2, -0.15) is 0 Å². The molecule has 14 heavy (non-hydrogen) atoms. The first kappa shape index (κ1) is 11.2. The van der Waals surface area contributed by atoms with Gasteiger partial charge in [0, 0.05) is 12.5 Å². The lowest BCUT2D eigenvalue weighted by Crippen LogP contribution is -2.31. The minimum Gasteiger partial charge on any atom is -0.468 e. The predicted octanol–water partition coefficient (Wildman–Crippen LogP) is 1.63. The molecule has 0 aliphatic carbocycles. The van der Waals surface area contributed by atoms with Crippen LogP contribution in [0.3, 0.4) is 0 Å². The largest absolute Gasteiger partial charge is 0.468 e.